The molecular formula is C15H15BrFN7O5S. The van der Waals surface area contributed by atoms with Gasteiger partial charge in [-0.25, -0.2) is 28.2 Å². The van der Waals surface area contributed by atoms with Crippen molar-refractivity contribution in [3.8, 4) is 17.2 Å². The number of nitrogens with two attached hydrogens (primary N) is 1. The molecule has 1 fully saturated rings. The number of nitrogens with zero attached hydrogens (tertiary/aromatic N) is 4. The summed E-state index contributed by atoms with van der Waals surface area (Å²) in [7, 11) is -3.80. The zero-order valence-corrected chi connectivity index (χ0v) is 17.5. The van der Waals surface area contributed by atoms with Crippen molar-refractivity contribution in [1.29, 1.82) is 0 Å². The maximum Gasteiger partial charge on any atom is 0.446 e. The van der Waals surface area contributed by atoms with Gasteiger partial charge in [-0.1, -0.05) is 5.16 Å². The highest BCUT2D eigenvalue weighted by Gasteiger charge is 2.43. The second-order valence-corrected chi connectivity index (χ2v) is 9.12. The van der Waals surface area contributed by atoms with Crippen molar-refractivity contribution in [2.45, 2.75) is 12.8 Å². The average Bonchev–Trinajstić information content (AvgIpc) is 3.12. The summed E-state index contributed by atoms with van der Waals surface area (Å²) in [5.41, 5.74) is 0.0551. The molecular weight excluding hydrogens is 489 g/mol. The SMILES string of the molecule is NS(=O)(=O)NCC1(CNc2nonc2-c2noc(=O)n2-c2ccc(F)c(Br)c2)CC1. The molecule has 2 heterocycles. The smallest absolute Gasteiger partial charge is 0.365 e. The predicted octanol–water partition coefficient (Wildman–Crippen LogP) is 0.762. The fraction of sp³-hybridized carbons (Fsp3) is 0.333. The van der Waals surface area contributed by atoms with Gasteiger partial charge in [0.1, 0.15) is 5.82 Å². The Morgan fingerprint density at radius 2 is 2.03 bits per heavy atom. The van der Waals surface area contributed by atoms with E-state index < -0.39 is 21.8 Å². The molecule has 0 unspecified atom stereocenters. The molecule has 0 aliphatic heterocycles. The molecule has 1 aliphatic rings. The maximum atomic E-state index is 13.6. The topological polar surface area (TPSA) is 171 Å². The zero-order chi connectivity index (χ0) is 21.5. The largest absolute Gasteiger partial charge is 0.446 e. The van der Waals surface area contributed by atoms with Gasteiger partial charge in [0.2, 0.25) is 11.6 Å². The fourth-order valence-electron chi connectivity index (χ4n) is 2.82. The summed E-state index contributed by atoms with van der Waals surface area (Å²) in [6, 6.07) is 3.94. The molecule has 0 spiro atoms. The van der Waals surface area contributed by atoms with Crippen molar-refractivity contribution in [3.63, 3.8) is 0 Å². The molecule has 0 atom stereocenters. The zero-order valence-electron chi connectivity index (χ0n) is 15.1. The van der Waals surface area contributed by atoms with Gasteiger partial charge in [-0.2, -0.15) is 8.42 Å². The van der Waals surface area contributed by atoms with Crippen molar-refractivity contribution in [2.75, 3.05) is 18.4 Å². The van der Waals surface area contributed by atoms with E-state index in [4.69, 9.17) is 14.3 Å². The van der Waals surface area contributed by atoms with Crippen LogP contribution in [0, 0.1) is 11.2 Å². The van der Waals surface area contributed by atoms with E-state index in [0.717, 1.165) is 17.4 Å². The third-order valence-electron chi connectivity index (χ3n) is 4.70. The van der Waals surface area contributed by atoms with Crippen LogP contribution in [-0.2, 0) is 10.2 Å². The van der Waals surface area contributed by atoms with E-state index in [2.05, 4.69) is 41.4 Å². The lowest BCUT2D eigenvalue weighted by Crippen LogP contribution is -2.37. The lowest BCUT2D eigenvalue weighted by atomic mass is 10.1. The Labute approximate surface area is 176 Å². The quantitative estimate of drug-likeness (QED) is 0.401. The molecule has 0 bridgehead atoms. The second kappa shape index (κ2) is 7.57. The molecule has 30 heavy (non-hydrogen) atoms. The van der Waals surface area contributed by atoms with Crippen LogP contribution >= 0.6 is 15.9 Å². The summed E-state index contributed by atoms with van der Waals surface area (Å²) in [6.07, 6.45) is 1.56. The van der Waals surface area contributed by atoms with E-state index in [1.54, 1.807) is 0 Å². The summed E-state index contributed by atoms with van der Waals surface area (Å²) < 4.78 is 48.9. The van der Waals surface area contributed by atoms with E-state index in [-0.39, 0.29) is 39.5 Å². The van der Waals surface area contributed by atoms with Gasteiger partial charge in [-0.05, 0) is 57.3 Å². The minimum atomic E-state index is -3.80. The van der Waals surface area contributed by atoms with E-state index in [1.165, 1.54) is 18.2 Å². The maximum absolute atomic E-state index is 13.6. The van der Waals surface area contributed by atoms with E-state index in [0.29, 0.717) is 6.54 Å². The van der Waals surface area contributed by atoms with Crippen molar-refractivity contribution >= 4 is 32.0 Å². The van der Waals surface area contributed by atoms with Crippen molar-refractivity contribution in [2.24, 2.45) is 10.6 Å². The van der Waals surface area contributed by atoms with Gasteiger partial charge in [0.05, 0.1) is 10.2 Å². The summed E-state index contributed by atoms with van der Waals surface area (Å²) >= 11 is 3.07. The van der Waals surface area contributed by atoms with Crippen molar-refractivity contribution in [1.82, 2.24) is 24.8 Å². The van der Waals surface area contributed by atoms with Crippen molar-refractivity contribution < 1.29 is 22.0 Å². The second-order valence-electron chi connectivity index (χ2n) is 6.89. The molecule has 2 aromatic heterocycles. The molecule has 12 nitrogen and oxygen atoms in total. The molecule has 0 radical (unpaired) electrons. The number of halogens is 2. The van der Waals surface area contributed by atoms with Crippen LogP contribution in [0.15, 0.2) is 36.6 Å². The fourth-order valence-corrected chi connectivity index (χ4v) is 3.69. The first-order valence-corrected chi connectivity index (χ1v) is 10.9. The highest BCUT2D eigenvalue weighted by molar-refractivity contribution is 9.10. The van der Waals surface area contributed by atoms with Crippen LogP contribution in [0.1, 0.15) is 12.8 Å². The first-order valence-electron chi connectivity index (χ1n) is 8.56. The van der Waals surface area contributed by atoms with Gasteiger partial charge in [-0.15, -0.1) is 0 Å². The predicted molar refractivity (Wildman–Crippen MR) is 104 cm³/mol. The number of nitrogens with one attached hydrogen (secondary N) is 2. The van der Waals surface area contributed by atoms with Crippen molar-refractivity contribution in [3.05, 3.63) is 39.0 Å². The number of anilines is 1. The third kappa shape index (κ3) is 4.28. The summed E-state index contributed by atoms with van der Waals surface area (Å²) in [5, 5.41) is 19.3. The lowest BCUT2D eigenvalue weighted by molar-refractivity contribution is 0.309. The molecule has 1 aromatic carbocycles. The van der Waals surface area contributed by atoms with Gasteiger partial charge in [0.15, 0.2) is 5.69 Å². The standard InChI is InChI=1S/C15H15BrFN7O5S/c16-9-5-8(1-2-10(9)17)24-13(23-28-14(24)25)11-12(22-29-21-11)19-6-15(3-4-15)7-20-30(18,26)27/h1-2,5,20H,3-4,6-7H2,(H,19,22)(H2,18,26,27). The Balaban J connectivity index is 1.59. The van der Waals surface area contributed by atoms with Crippen LogP contribution in [0.3, 0.4) is 0 Å². The molecule has 160 valence electrons. The van der Waals surface area contributed by atoms with Gasteiger partial charge >= 0.3 is 5.76 Å². The molecule has 3 aromatic rings. The van der Waals surface area contributed by atoms with Gasteiger partial charge < -0.3 is 5.32 Å². The lowest BCUT2D eigenvalue weighted by Gasteiger charge is -2.15. The molecule has 0 amide bonds. The average molecular weight is 504 g/mol. The van der Waals surface area contributed by atoms with Gasteiger partial charge in [0, 0.05) is 18.5 Å². The minimum Gasteiger partial charge on any atom is -0.365 e. The Bertz CT molecular complexity index is 1250. The summed E-state index contributed by atoms with van der Waals surface area (Å²) in [5.74, 6) is -1.14. The number of benzene rings is 1. The number of hydrogen-bond donors (Lipinski definition) is 3. The van der Waals surface area contributed by atoms with Crippen LogP contribution in [0.2, 0.25) is 0 Å². The third-order valence-corrected chi connectivity index (χ3v) is 5.86. The molecule has 15 heteroatoms. The summed E-state index contributed by atoms with van der Waals surface area (Å²) in [4.78, 5) is 12.2. The van der Waals surface area contributed by atoms with E-state index in [1.807, 2.05) is 0 Å². The van der Waals surface area contributed by atoms with E-state index >= 15 is 0 Å². The molecule has 0 saturated heterocycles. The Morgan fingerprint density at radius 3 is 2.70 bits per heavy atom. The highest BCUT2D eigenvalue weighted by atomic mass is 79.9. The number of rotatable bonds is 8. The van der Waals surface area contributed by atoms with Crippen LogP contribution in [0.25, 0.3) is 17.2 Å². The normalized spacial score (nSPS) is 15.3. The molecule has 4 rings (SSSR count). The summed E-state index contributed by atoms with van der Waals surface area (Å²) in [6.45, 7) is 0.513. The minimum absolute atomic E-state index is 0.00485. The van der Waals surface area contributed by atoms with Crippen LogP contribution in [0.5, 0.6) is 0 Å². The van der Waals surface area contributed by atoms with Crippen LogP contribution < -0.4 is 20.9 Å². The van der Waals surface area contributed by atoms with Crippen LogP contribution in [-0.4, -0.2) is 41.5 Å². The first kappa shape index (κ1) is 20.6. The van der Waals surface area contributed by atoms with Gasteiger partial charge in [-0.3, -0.25) is 4.52 Å². The highest BCUT2D eigenvalue weighted by Crippen LogP contribution is 2.45. The Morgan fingerprint density at radius 1 is 1.27 bits per heavy atom. The number of aromatic nitrogens is 4. The van der Waals surface area contributed by atoms with Gasteiger partial charge in [0.25, 0.3) is 10.2 Å². The molecule has 4 N–H and O–H groups in total. The first-order chi connectivity index (χ1) is 14.2. The molecule has 1 saturated carbocycles. The van der Waals surface area contributed by atoms with Crippen LogP contribution in [0.4, 0.5) is 10.2 Å². The number of hydrogen-bond acceptors (Lipinski definition) is 9. The van der Waals surface area contributed by atoms with E-state index in [9.17, 15) is 17.6 Å². The Hall–Kier alpha value is -2.62. The monoisotopic (exact) mass is 503 g/mol. The molecule has 1 aliphatic carbocycles. The Kier molecular flexibility index (Phi) is 5.21.